The Morgan fingerprint density at radius 1 is 1.50 bits per heavy atom. The summed E-state index contributed by atoms with van der Waals surface area (Å²) in [4.78, 5) is 39.6. The van der Waals surface area contributed by atoms with Crippen molar-refractivity contribution < 1.29 is 19.8 Å². The lowest BCUT2D eigenvalue weighted by Crippen LogP contribution is -2.56. The summed E-state index contributed by atoms with van der Waals surface area (Å²) >= 11 is 2.37. The number of nitrogens with two attached hydrogens (primary N) is 1. The Kier molecular flexibility index (Phi) is 4.27. The van der Waals surface area contributed by atoms with E-state index in [4.69, 9.17) is 5.73 Å². The maximum Gasteiger partial charge on any atom is 0.352 e. The van der Waals surface area contributed by atoms with Crippen molar-refractivity contribution in [3.63, 3.8) is 0 Å². The number of amides is 1. The number of rotatable bonds is 4. The summed E-state index contributed by atoms with van der Waals surface area (Å²) in [7, 11) is 1.49. The number of nitrogens with zero attached hydrogens (tertiary/aromatic N) is 4. The van der Waals surface area contributed by atoms with E-state index in [9.17, 15) is 24.6 Å². The van der Waals surface area contributed by atoms with Gasteiger partial charge in [-0.2, -0.15) is 4.98 Å². The third-order valence-corrected chi connectivity index (χ3v) is 5.91. The van der Waals surface area contributed by atoms with Crippen LogP contribution >= 0.6 is 23.5 Å². The van der Waals surface area contributed by atoms with Crippen molar-refractivity contribution in [2.45, 2.75) is 22.3 Å². The summed E-state index contributed by atoms with van der Waals surface area (Å²) in [5, 5.41) is 21.7. The number of β-lactam (4-membered cyclic amide) rings is 1. The van der Waals surface area contributed by atoms with Gasteiger partial charge >= 0.3 is 11.5 Å². The van der Waals surface area contributed by atoms with Crippen molar-refractivity contribution in [3.05, 3.63) is 21.6 Å². The molecule has 128 valence electrons. The zero-order chi connectivity index (χ0) is 17.6. The maximum absolute atomic E-state index is 11.7. The molecule has 2 aliphatic heterocycles. The van der Waals surface area contributed by atoms with Crippen LogP contribution in [0.2, 0.25) is 0 Å². The Bertz CT molecular complexity index is 823. The predicted molar refractivity (Wildman–Crippen MR) is 85.1 cm³/mol. The molecule has 12 heteroatoms. The minimum Gasteiger partial charge on any atom is -0.488 e. The van der Waals surface area contributed by atoms with Crippen LogP contribution in [0.3, 0.4) is 0 Å². The highest BCUT2D eigenvalue weighted by atomic mass is 32.2. The van der Waals surface area contributed by atoms with E-state index >= 15 is 0 Å². The molecule has 1 aromatic heterocycles. The van der Waals surface area contributed by atoms with Crippen LogP contribution in [0.15, 0.2) is 21.2 Å². The van der Waals surface area contributed by atoms with Crippen LogP contribution < -0.4 is 11.3 Å². The highest BCUT2D eigenvalue weighted by Gasteiger charge is 2.47. The van der Waals surface area contributed by atoms with Crippen LogP contribution in [-0.4, -0.2) is 58.3 Å². The van der Waals surface area contributed by atoms with Crippen LogP contribution in [-0.2, 0) is 16.6 Å². The summed E-state index contributed by atoms with van der Waals surface area (Å²) in [6, 6.07) is 0. The number of carboxylic acid groups (broad SMARTS) is 1. The van der Waals surface area contributed by atoms with Gasteiger partial charge in [0, 0.05) is 12.8 Å². The van der Waals surface area contributed by atoms with E-state index in [1.807, 2.05) is 0 Å². The molecule has 10 nitrogen and oxygen atoms in total. The van der Waals surface area contributed by atoms with Crippen molar-refractivity contribution in [3.8, 4) is 5.88 Å². The van der Waals surface area contributed by atoms with Crippen molar-refractivity contribution in [1.29, 1.82) is 0 Å². The smallest absolute Gasteiger partial charge is 0.352 e. The number of carboxylic acids is 1. The molecule has 1 fully saturated rings. The van der Waals surface area contributed by atoms with Crippen LogP contribution in [0.4, 0.5) is 0 Å². The molecule has 0 spiro atoms. The number of carbonyl (C=O) groups is 2. The average Bonchev–Trinajstić information content (AvgIpc) is 2.49. The van der Waals surface area contributed by atoms with Gasteiger partial charge in [0.1, 0.15) is 5.70 Å². The Hall–Kier alpha value is -2.05. The first-order valence-corrected chi connectivity index (χ1v) is 8.69. The number of aliphatic carboxylic acids is 1. The molecule has 1 amide bonds. The summed E-state index contributed by atoms with van der Waals surface area (Å²) in [6.07, 6.45) is 0.271. The fraction of sp³-hybridized carbons (Fsp3) is 0.417. The Morgan fingerprint density at radius 3 is 2.83 bits per heavy atom. The molecule has 4 N–H and O–H groups in total. The number of hydrogen-bond donors (Lipinski definition) is 3. The number of aromatic nitrogens is 3. The van der Waals surface area contributed by atoms with Crippen LogP contribution in [0, 0.1) is 0 Å². The summed E-state index contributed by atoms with van der Waals surface area (Å²) in [6.45, 7) is 0. The van der Waals surface area contributed by atoms with E-state index in [1.54, 1.807) is 0 Å². The highest BCUT2D eigenvalue weighted by molar-refractivity contribution is 8.01. The molecule has 24 heavy (non-hydrogen) atoms. The van der Waals surface area contributed by atoms with E-state index in [0.29, 0.717) is 5.57 Å². The minimum atomic E-state index is -1.22. The SMILES string of the molecule is Cn1nc(O)c(=O)nc1SCC1=C(C(=O)O)N2C(=O)C[C@H]2SC1N. The highest BCUT2D eigenvalue weighted by Crippen LogP contribution is 2.43. The largest absolute Gasteiger partial charge is 0.488 e. The molecule has 1 saturated heterocycles. The molecule has 0 aromatic carbocycles. The van der Waals surface area contributed by atoms with Gasteiger partial charge in [-0.05, 0) is 5.57 Å². The van der Waals surface area contributed by atoms with Crippen molar-refractivity contribution in [2.75, 3.05) is 5.75 Å². The lowest BCUT2D eigenvalue weighted by molar-refractivity contribution is -0.146. The molecule has 1 unspecified atom stereocenters. The molecule has 0 aliphatic carbocycles. The fourth-order valence-electron chi connectivity index (χ4n) is 2.40. The zero-order valence-electron chi connectivity index (χ0n) is 12.4. The molecular formula is C12H13N5O5S2. The van der Waals surface area contributed by atoms with Gasteiger partial charge in [0.25, 0.3) is 5.88 Å². The molecular weight excluding hydrogens is 358 g/mol. The zero-order valence-corrected chi connectivity index (χ0v) is 14.0. The van der Waals surface area contributed by atoms with Gasteiger partial charge < -0.3 is 15.9 Å². The van der Waals surface area contributed by atoms with Crippen molar-refractivity contribution >= 4 is 35.4 Å². The first-order chi connectivity index (χ1) is 11.3. The molecule has 0 bridgehead atoms. The van der Waals surface area contributed by atoms with Crippen LogP contribution in [0.1, 0.15) is 6.42 Å². The Balaban J connectivity index is 1.90. The molecule has 2 aliphatic rings. The second kappa shape index (κ2) is 6.11. The Labute approximate surface area is 143 Å². The number of aryl methyl sites for hydroxylation is 1. The van der Waals surface area contributed by atoms with Gasteiger partial charge in [0.15, 0.2) is 5.16 Å². The first-order valence-electron chi connectivity index (χ1n) is 6.76. The monoisotopic (exact) mass is 371 g/mol. The van der Waals surface area contributed by atoms with E-state index in [0.717, 1.165) is 11.8 Å². The molecule has 3 rings (SSSR count). The van der Waals surface area contributed by atoms with E-state index in [-0.39, 0.29) is 34.3 Å². The predicted octanol–water partition coefficient (Wildman–Crippen LogP) is -1.10. The third kappa shape index (κ3) is 2.76. The second-order valence-corrected chi connectivity index (χ2v) is 7.36. The van der Waals surface area contributed by atoms with Gasteiger partial charge in [0.2, 0.25) is 5.91 Å². The number of thioether (sulfide) groups is 2. The number of hydrogen-bond acceptors (Lipinski definition) is 9. The van der Waals surface area contributed by atoms with Crippen molar-refractivity contribution in [2.24, 2.45) is 12.8 Å². The molecule has 2 atom stereocenters. The quantitative estimate of drug-likeness (QED) is 0.439. The van der Waals surface area contributed by atoms with Crippen LogP contribution in [0.25, 0.3) is 0 Å². The standard InChI is InChI=1S/C12H13N5O5S2/c1-16-12(14-9(19)10(20)15-16)23-3-4-7(11(21)22)17-5(18)2-6(17)24-8(4)13/h6,8H,2-3,13H2,1H3,(H,15,20)(H,21,22)/t6-,8?/m1/s1. The summed E-state index contributed by atoms with van der Waals surface area (Å²) < 4.78 is 1.21. The fourth-order valence-corrected chi connectivity index (χ4v) is 4.76. The number of carbonyl (C=O) groups excluding carboxylic acids is 1. The van der Waals surface area contributed by atoms with Gasteiger partial charge in [-0.1, -0.05) is 11.8 Å². The maximum atomic E-state index is 11.7. The topological polar surface area (TPSA) is 152 Å². The number of aromatic hydroxyl groups is 1. The lowest BCUT2D eigenvalue weighted by atomic mass is 10.1. The van der Waals surface area contributed by atoms with Crippen molar-refractivity contribution in [1.82, 2.24) is 19.7 Å². The van der Waals surface area contributed by atoms with Gasteiger partial charge in [-0.25, -0.2) is 9.48 Å². The Morgan fingerprint density at radius 2 is 2.21 bits per heavy atom. The number of fused-ring (bicyclic) bond motifs is 1. The second-order valence-electron chi connectivity index (χ2n) is 5.09. The van der Waals surface area contributed by atoms with Gasteiger partial charge in [-0.15, -0.1) is 16.9 Å². The summed E-state index contributed by atoms with van der Waals surface area (Å²) in [5.74, 6) is -2.06. The molecule has 0 saturated carbocycles. The van der Waals surface area contributed by atoms with Crippen LogP contribution in [0.5, 0.6) is 5.88 Å². The molecule has 3 heterocycles. The first kappa shape index (κ1) is 16.8. The van der Waals surface area contributed by atoms with E-state index in [2.05, 4.69) is 10.1 Å². The summed E-state index contributed by atoms with van der Waals surface area (Å²) in [5.41, 5.74) is 5.44. The van der Waals surface area contributed by atoms with Gasteiger partial charge in [0.05, 0.1) is 17.2 Å². The third-order valence-electron chi connectivity index (χ3n) is 3.57. The molecule has 0 radical (unpaired) electrons. The average molecular weight is 371 g/mol. The molecule has 1 aromatic rings. The normalized spacial score (nSPS) is 23.1. The van der Waals surface area contributed by atoms with E-state index in [1.165, 1.54) is 28.4 Å². The van der Waals surface area contributed by atoms with E-state index < -0.39 is 22.8 Å². The van der Waals surface area contributed by atoms with Gasteiger partial charge in [-0.3, -0.25) is 14.5 Å². The minimum absolute atomic E-state index is 0.105. The lowest BCUT2D eigenvalue weighted by Gasteiger charge is -2.45.